The van der Waals surface area contributed by atoms with Crippen molar-refractivity contribution in [1.82, 2.24) is 10.3 Å². The first-order valence-corrected chi connectivity index (χ1v) is 6.88. The first-order chi connectivity index (χ1) is 7.35. The Morgan fingerprint density at radius 3 is 2.80 bits per heavy atom. The van der Waals surface area contributed by atoms with Crippen molar-refractivity contribution in [2.75, 3.05) is 6.54 Å². The molecule has 2 nitrogen and oxygen atoms in total. The van der Waals surface area contributed by atoms with Crippen LogP contribution in [-0.4, -0.2) is 11.5 Å². The summed E-state index contributed by atoms with van der Waals surface area (Å²) in [5.41, 5.74) is 1.39. The van der Waals surface area contributed by atoms with E-state index in [1.54, 1.807) is 4.88 Å². The Morgan fingerprint density at radius 2 is 2.13 bits per heavy atom. The molecule has 0 fully saturated rings. The summed E-state index contributed by atoms with van der Waals surface area (Å²) in [6.07, 6.45) is 6.28. The standard InChI is InChI=1S/C12H20N2S/c1-3-9(13-4-2)12-14-10-7-5-6-8-11(10)15-12/h9,13H,3-8H2,1-2H3. The van der Waals surface area contributed by atoms with Gasteiger partial charge >= 0.3 is 0 Å². The van der Waals surface area contributed by atoms with Crippen molar-refractivity contribution in [3.63, 3.8) is 0 Å². The number of hydrogen-bond donors (Lipinski definition) is 1. The molecule has 0 aliphatic heterocycles. The van der Waals surface area contributed by atoms with E-state index in [1.807, 2.05) is 11.3 Å². The van der Waals surface area contributed by atoms with E-state index >= 15 is 0 Å². The number of hydrogen-bond acceptors (Lipinski definition) is 3. The van der Waals surface area contributed by atoms with E-state index in [0.29, 0.717) is 6.04 Å². The molecule has 15 heavy (non-hydrogen) atoms. The maximum Gasteiger partial charge on any atom is 0.110 e. The van der Waals surface area contributed by atoms with Gasteiger partial charge < -0.3 is 5.32 Å². The minimum atomic E-state index is 0.477. The van der Waals surface area contributed by atoms with Crippen LogP contribution in [0.25, 0.3) is 0 Å². The molecular formula is C12H20N2S. The highest BCUT2D eigenvalue weighted by molar-refractivity contribution is 7.11. The Kier molecular flexibility index (Phi) is 3.76. The van der Waals surface area contributed by atoms with Gasteiger partial charge in [0.05, 0.1) is 11.7 Å². The zero-order valence-electron chi connectivity index (χ0n) is 9.68. The summed E-state index contributed by atoms with van der Waals surface area (Å²) in [5.74, 6) is 0. The van der Waals surface area contributed by atoms with E-state index in [1.165, 1.54) is 36.4 Å². The average Bonchev–Trinajstić information content (AvgIpc) is 2.69. The summed E-state index contributed by atoms with van der Waals surface area (Å²) in [6.45, 7) is 5.42. The number of nitrogens with one attached hydrogen (secondary N) is 1. The molecule has 1 heterocycles. The van der Waals surface area contributed by atoms with E-state index in [9.17, 15) is 0 Å². The maximum atomic E-state index is 4.80. The van der Waals surface area contributed by atoms with E-state index in [0.717, 1.165) is 13.0 Å². The number of nitrogens with zero attached hydrogens (tertiary/aromatic N) is 1. The Hall–Kier alpha value is -0.410. The summed E-state index contributed by atoms with van der Waals surface area (Å²) in [5, 5.41) is 4.82. The first-order valence-electron chi connectivity index (χ1n) is 6.07. The van der Waals surface area contributed by atoms with Crippen molar-refractivity contribution < 1.29 is 0 Å². The van der Waals surface area contributed by atoms with Crippen molar-refractivity contribution >= 4 is 11.3 Å². The van der Waals surface area contributed by atoms with Crippen LogP contribution in [0.3, 0.4) is 0 Å². The minimum absolute atomic E-state index is 0.477. The normalized spacial score (nSPS) is 17.5. The van der Waals surface area contributed by atoms with Gasteiger partial charge in [-0.1, -0.05) is 13.8 Å². The summed E-state index contributed by atoms with van der Waals surface area (Å²) in [7, 11) is 0. The Bertz CT molecular complexity index is 296. The topological polar surface area (TPSA) is 24.9 Å². The Labute approximate surface area is 96.1 Å². The summed E-state index contributed by atoms with van der Waals surface area (Å²) >= 11 is 1.93. The minimum Gasteiger partial charge on any atom is -0.308 e. The monoisotopic (exact) mass is 224 g/mol. The van der Waals surface area contributed by atoms with Gasteiger partial charge in [-0.05, 0) is 38.6 Å². The third-order valence-corrected chi connectivity index (χ3v) is 4.29. The van der Waals surface area contributed by atoms with Crippen LogP contribution in [0.2, 0.25) is 0 Å². The fraction of sp³-hybridized carbons (Fsp3) is 0.750. The molecule has 1 aliphatic rings. The molecule has 0 saturated heterocycles. The second kappa shape index (κ2) is 5.08. The predicted octanol–water partition coefficient (Wildman–Crippen LogP) is 3.08. The average molecular weight is 224 g/mol. The zero-order chi connectivity index (χ0) is 10.7. The fourth-order valence-electron chi connectivity index (χ4n) is 2.17. The SMILES string of the molecule is CCNC(CC)c1nc2c(s1)CCCC2. The number of aromatic nitrogens is 1. The molecule has 0 saturated carbocycles. The molecule has 1 atom stereocenters. The number of aryl methyl sites for hydroxylation is 2. The van der Waals surface area contributed by atoms with Gasteiger partial charge in [-0.25, -0.2) is 4.98 Å². The molecule has 0 amide bonds. The molecule has 1 aromatic rings. The lowest BCUT2D eigenvalue weighted by Crippen LogP contribution is -2.19. The lowest BCUT2D eigenvalue weighted by molar-refractivity contribution is 0.532. The lowest BCUT2D eigenvalue weighted by atomic mass is 10.0. The molecule has 1 aliphatic carbocycles. The van der Waals surface area contributed by atoms with Crippen LogP contribution < -0.4 is 5.32 Å². The van der Waals surface area contributed by atoms with Gasteiger partial charge in [0.25, 0.3) is 0 Å². The first kappa shape index (κ1) is 11.1. The molecule has 1 aromatic heterocycles. The molecule has 0 aromatic carbocycles. The zero-order valence-corrected chi connectivity index (χ0v) is 10.5. The van der Waals surface area contributed by atoms with Crippen LogP contribution in [0, 0.1) is 0 Å². The van der Waals surface area contributed by atoms with E-state index < -0.39 is 0 Å². The summed E-state index contributed by atoms with van der Waals surface area (Å²) in [4.78, 5) is 6.35. The van der Waals surface area contributed by atoms with Gasteiger partial charge in [0, 0.05) is 4.88 Å². The summed E-state index contributed by atoms with van der Waals surface area (Å²) < 4.78 is 0. The maximum absolute atomic E-state index is 4.80. The molecule has 1 N–H and O–H groups in total. The summed E-state index contributed by atoms with van der Waals surface area (Å²) in [6, 6.07) is 0.477. The van der Waals surface area contributed by atoms with E-state index in [4.69, 9.17) is 4.98 Å². The molecule has 84 valence electrons. The van der Waals surface area contributed by atoms with Crippen LogP contribution in [0.5, 0.6) is 0 Å². The van der Waals surface area contributed by atoms with Crippen molar-refractivity contribution in [2.45, 2.75) is 52.0 Å². The molecular weight excluding hydrogens is 204 g/mol. The van der Waals surface area contributed by atoms with Crippen molar-refractivity contribution in [3.8, 4) is 0 Å². The largest absolute Gasteiger partial charge is 0.308 e. The lowest BCUT2D eigenvalue weighted by Gasteiger charge is -2.11. The van der Waals surface area contributed by atoms with E-state index in [-0.39, 0.29) is 0 Å². The third kappa shape index (κ3) is 2.40. The van der Waals surface area contributed by atoms with Crippen LogP contribution >= 0.6 is 11.3 Å². The molecule has 0 bridgehead atoms. The molecule has 1 unspecified atom stereocenters. The van der Waals surface area contributed by atoms with Gasteiger partial charge in [-0.2, -0.15) is 0 Å². The van der Waals surface area contributed by atoms with Gasteiger partial charge in [0.1, 0.15) is 5.01 Å². The fourth-order valence-corrected chi connectivity index (χ4v) is 3.49. The van der Waals surface area contributed by atoms with Gasteiger partial charge in [-0.3, -0.25) is 0 Å². The van der Waals surface area contributed by atoms with Crippen LogP contribution in [0.1, 0.15) is 54.7 Å². The Morgan fingerprint density at radius 1 is 1.33 bits per heavy atom. The molecule has 2 rings (SSSR count). The second-order valence-electron chi connectivity index (χ2n) is 4.15. The van der Waals surface area contributed by atoms with E-state index in [2.05, 4.69) is 19.2 Å². The van der Waals surface area contributed by atoms with Crippen LogP contribution in [0.15, 0.2) is 0 Å². The van der Waals surface area contributed by atoms with Crippen molar-refractivity contribution in [1.29, 1.82) is 0 Å². The van der Waals surface area contributed by atoms with Crippen molar-refractivity contribution in [2.24, 2.45) is 0 Å². The highest BCUT2D eigenvalue weighted by Gasteiger charge is 2.19. The molecule has 0 spiro atoms. The number of rotatable bonds is 4. The molecule has 0 radical (unpaired) electrons. The van der Waals surface area contributed by atoms with Crippen molar-refractivity contribution in [3.05, 3.63) is 15.6 Å². The number of thiazole rings is 1. The van der Waals surface area contributed by atoms with Crippen LogP contribution in [-0.2, 0) is 12.8 Å². The predicted molar refractivity (Wildman–Crippen MR) is 65.5 cm³/mol. The third-order valence-electron chi connectivity index (χ3n) is 3.02. The molecule has 3 heteroatoms. The quantitative estimate of drug-likeness (QED) is 0.850. The highest BCUT2D eigenvalue weighted by Crippen LogP contribution is 2.30. The van der Waals surface area contributed by atoms with Gasteiger partial charge in [0.2, 0.25) is 0 Å². The highest BCUT2D eigenvalue weighted by atomic mass is 32.1. The van der Waals surface area contributed by atoms with Gasteiger partial charge in [-0.15, -0.1) is 11.3 Å². The Balaban J connectivity index is 2.16. The van der Waals surface area contributed by atoms with Crippen LogP contribution in [0.4, 0.5) is 0 Å². The van der Waals surface area contributed by atoms with Gasteiger partial charge in [0.15, 0.2) is 0 Å². The number of fused-ring (bicyclic) bond motifs is 1. The smallest absolute Gasteiger partial charge is 0.110 e. The second-order valence-corrected chi connectivity index (χ2v) is 5.26.